The van der Waals surface area contributed by atoms with Gasteiger partial charge in [-0.2, -0.15) is 13.2 Å². The Kier molecular flexibility index (Phi) is 7.63. The first-order valence-corrected chi connectivity index (χ1v) is 11.6. The van der Waals surface area contributed by atoms with Crippen molar-refractivity contribution in [1.29, 1.82) is 0 Å². The number of carbonyl (C=O) groups is 2. The standard InChI is InChI=1S/C26H26F3N5O3/c27-26(28,29)19-4-1-2-5-20(19)33-18-10-8-17(9-11-18)14-31-24(36)25(12-13-37-16-25)15-32-23(35)21-6-3-7-22(30)34-21/h1-11,33H,12-16H2,(H2,30,34)(H,31,36)(H,32,35)/t25-/m0/s1. The van der Waals surface area contributed by atoms with Gasteiger partial charge in [0, 0.05) is 25.4 Å². The van der Waals surface area contributed by atoms with E-state index in [2.05, 4.69) is 20.9 Å². The second-order valence-corrected chi connectivity index (χ2v) is 8.76. The predicted octanol–water partition coefficient (Wildman–Crippen LogP) is 3.88. The van der Waals surface area contributed by atoms with Crippen molar-refractivity contribution < 1.29 is 27.5 Å². The minimum Gasteiger partial charge on any atom is -0.384 e. The Bertz CT molecular complexity index is 1260. The Morgan fingerprint density at radius 2 is 1.76 bits per heavy atom. The van der Waals surface area contributed by atoms with Crippen molar-refractivity contribution in [2.24, 2.45) is 5.41 Å². The number of hydrogen-bond donors (Lipinski definition) is 4. The van der Waals surface area contributed by atoms with E-state index < -0.39 is 23.1 Å². The number of halogens is 3. The van der Waals surface area contributed by atoms with Crippen LogP contribution < -0.4 is 21.7 Å². The molecule has 8 nitrogen and oxygen atoms in total. The number of pyridine rings is 1. The SMILES string of the molecule is Nc1cccc(C(=O)NC[C@@]2(C(=O)NCc3ccc(Nc4ccccc4C(F)(F)F)cc3)CCOC2)n1. The molecule has 1 atom stereocenters. The third-order valence-corrected chi connectivity index (χ3v) is 6.09. The molecule has 194 valence electrons. The number of benzene rings is 2. The third-order valence-electron chi connectivity index (χ3n) is 6.09. The van der Waals surface area contributed by atoms with Crippen molar-refractivity contribution in [2.75, 3.05) is 30.8 Å². The zero-order valence-corrected chi connectivity index (χ0v) is 19.8. The molecule has 1 saturated heterocycles. The van der Waals surface area contributed by atoms with E-state index >= 15 is 0 Å². The molecule has 2 heterocycles. The van der Waals surface area contributed by atoms with Crippen LogP contribution in [0.5, 0.6) is 0 Å². The number of ether oxygens (including phenoxy) is 1. The van der Waals surface area contributed by atoms with Crippen LogP contribution in [0.2, 0.25) is 0 Å². The molecular weight excluding hydrogens is 487 g/mol. The summed E-state index contributed by atoms with van der Waals surface area (Å²) in [4.78, 5) is 29.5. The Hall–Kier alpha value is -4.12. The Morgan fingerprint density at radius 1 is 1.00 bits per heavy atom. The van der Waals surface area contributed by atoms with E-state index in [1.165, 1.54) is 24.3 Å². The number of aromatic nitrogens is 1. The van der Waals surface area contributed by atoms with Crippen LogP contribution in [0.25, 0.3) is 0 Å². The molecule has 11 heteroatoms. The maximum Gasteiger partial charge on any atom is 0.418 e. The first kappa shape index (κ1) is 26.0. The average Bonchev–Trinajstić information content (AvgIpc) is 3.37. The first-order chi connectivity index (χ1) is 17.7. The van der Waals surface area contributed by atoms with Crippen LogP contribution in [0.15, 0.2) is 66.7 Å². The van der Waals surface area contributed by atoms with Gasteiger partial charge < -0.3 is 26.4 Å². The Morgan fingerprint density at radius 3 is 2.43 bits per heavy atom. The van der Waals surface area contributed by atoms with E-state index in [-0.39, 0.29) is 42.8 Å². The fraction of sp³-hybridized carbons (Fsp3) is 0.269. The molecular formula is C26H26F3N5O3. The summed E-state index contributed by atoms with van der Waals surface area (Å²) in [7, 11) is 0. The number of rotatable bonds is 8. The summed E-state index contributed by atoms with van der Waals surface area (Å²) in [5.74, 6) is -0.496. The molecule has 0 radical (unpaired) electrons. The van der Waals surface area contributed by atoms with Crippen LogP contribution in [-0.4, -0.2) is 36.6 Å². The molecule has 0 spiro atoms. The quantitative estimate of drug-likeness (QED) is 0.363. The number of alkyl halides is 3. The van der Waals surface area contributed by atoms with Gasteiger partial charge in [0.2, 0.25) is 5.91 Å². The number of amides is 2. The van der Waals surface area contributed by atoms with Gasteiger partial charge >= 0.3 is 6.18 Å². The zero-order valence-electron chi connectivity index (χ0n) is 19.8. The van der Waals surface area contributed by atoms with Crippen molar-refractivity contribution in [3.05, 3.63) is 83.6 Å². The highest BCUT2D eigenvalue weighted by Gasteiger charge is 2.42. The summed E-state index contributed by atoms with van der Waals surface area (Å²) in [5.41, 5.74) is 5.28. The van der Waals surface area contributed by atoms with Crippen LogP contribution in [-0.2, 0) is 22.3 Å². The van der Waals surface area contributed by atoms with E-state index in [1.807, 2.05) is 0 Å². The maximum absolute atomic E-state index is 13.2. The average molecular weight is 514 g/mol. The van der Waals surface area contributed by atoms with Crippen molar-refractivity contribution >= 4 is 29.0 Å². The first-order valence-electron chi connectivity index (χ1n) is 11.6. The highest BCUT2D eigenvalue weighted by Crippen LogP contribution is 2.36. The normalized spacial score (nSPS) is 17.3. The molecule has 0 unspecified atom stereocenters. The summed E-state index contributed by atoms with van der Waals surface area (Å²) in [5, 5.41) is 8.41. The molecule has 0 aliphatic carbocycles. The maximum atomic E-state index is 13.2. The summed E-state index contributed by atoms with van der Waals surface area (Å²) >= 11 is 0. The topological polar surface area (TPSA) is 118 Å². The molecule has 4 rings (SSSR count). The van der Waals surface area contributed by atoms with E-state index in [4.69, 9.17) is 10.5 Å². The molecule has 1 fully saturated rings. The minimum absolute atomic E-state index is 0.0466. The number of nitrogens with two attached hydrogens (primary N) is 1. The number of carbonyl (C=O) groups excluding carboxylic acids is 2. The second-order valence-electron chi connectivity index (χ2n) is 8.76. The lowest BCUT2D eigenvalue weighted by Gasteiger charge is -2.26. The molecule has 37 heavy (non-hydrogen) atoms. The van der Waals surface area contributed by atoms with Crippen LogP contribution in [0, 0.1) is 5.41 Å². The van der Waals surface area contributed by atoms with Gasteiger partial charge in [0.25, 0.3) is 5.91 Å². The van der Waals surface area contributed by atoms with Gasteiger partial charge in [-0.25, -0.2) is 4.98 Å². The lowest BCUT2D eigenvalue weighted by Crippen LogP contribution is -2.49. The zero-order chi connectivity index (χ0) is 26.5. The van der Waals surface area contributed by atoms with Gasteiger partial charge in [-0.05, 0) is 48.4 Å². The number of hydrogen-bond acceptors (Lipinski definition) is 6. The van der Waals surface area contributed by atoms with Crippen molar-refractivity contribution in [1.82, 2.24) is 15.6 Å². The largest absolute Gasteiger partial charge is 0.418 e. The molecule has 1 aliphatic rings. The van der Waals surface area contributed by atoms with Crippen LogP contribution in [0.4, 0.5) is 30.4 Å². The van der Waals surface area contributed by atoms with Crippen molar-refractivity contribution in [3.8, 4) is 0 Å². The molecule has 3 aromatic rings. The van der Waals surface area contributed by atoms with Gasteiger partial charge in [-0.1, -0.05) is 30.3 Å². The van der Waals surface area contributed by atoms with Crippen LogP contribution in [0.1, 0.15) is 28.0 Å². The number of nitrogens with zero attached hydrogens (tertiary/aromatic N) is 1. The summed E-state index contributed by atoms with van der Waals surface area (Å²) in [6.07, 6.45) is -4.04. The highest BCUT2D eigenvalue weighted by atomic mass is 19.4. The van der Waals surface area contributed by atoms with Crippen molar-refractivity contribution in [3.63, 3.8) is 0 Å². The van der Waals surface area contributed by atoms with E-state index in [1.54, 1.807) is 36.4 Å². The molecule has 2 amide bonds. The van der Waals surface area contributed by atoms with Gasteiger partial charge in [0.05, 0.1) is 23.3 Å². The highest BCUT2D eigenvalue weighted by molar-refractivity contribution is 5.93. The summed E-state index contributed by atoms with van der Waals surface area (Å²) < 4.78 is 45.2. The second kappa shape index (κ2) is 10.9. The van der Waals surface area contributed by atoms with E-state index in [0.29, 0.717) is 18.7 Å². The Labute approximate surface area is 211 Å². The lowest BCUT2D eigenvalue weighted by atomic mass is 9.86. The molecule has 5 N–H and O–H groups in total. The third kappa shape index (κ3) is 6.36. The predicted molar refractivity (Wildman–Crippen MR) is 132 cm³/mol. The number of para-hydroxylation sites is 1. The van der Waals surface area contributed by atoms with Gasteiger partial charge in [0.1, 0.15) is 11.5 Å². The fourth-order valence-electron chi connectivity index (χ4n) is 3.99. The van der Waals surface area contributed by atoms with Gasteiger partial charge in [-0.3, -0.25) is 9.59 Å². The van der Waals surface area contributed by atoms with E-state index in [9.17, 15) is 22.8 Å². The van der Waals surface area contributed by atoms with Crippen LogP contribution >= 0.6 is 0 Å². The minimum atomic E-state index is -4.47. The van der Waals surface area contributed by atoms with Gasteiger partial charge in [-0.15, -0.1) is 0 Å². The molecule has 2 aromatic carbocycles. The number of nitrogens with one attached hydrogen (secondary N) is 3. The lowest BCUT2D eigenvalue weighted by molar-refractivity contribution is -0.137. The number of nitrogen functional groups attached to an aromatic ring is 1. The monoisotopic (exact) mass is 513 g/mol. The Balaban J connectivity index is 1.35. The molecule has 0 bridgehead atoms. The molecule has 1 aliphatic heterocycles. The molecule has 0 saturated carbocycles. The summed E-state index contributed by atoms with van der Waals surface area (Å²) in [6, 6.07) is 16.7. The smallest absolute Gasteiger partial charge is 0.384 e. The van der Waals surface area contributed by atoms with Crippen LogP contribution in [0.3, 0.4) is 0 Å². The van der Waals surface area contributed by atoms with E-state index in [0.717, 1.165) is 11.6 Å². The molecule has 1 aromatic heterocycles. The van der Waals surface area contributed by atoms with Gasteiger partial charge in [0.15, 0.2) is 0 Å². The fourth-order valence-corrected chi connectivity index (χ4v) is 3.99. The summed E-state index contributed by atoms with van der Waals surface area (Å²) in [6.45, 7) is 0.810. The number of anilines is 3. The van der Waals surface area contributed by atoms with Crippen molar-refractivity contribution in [2.45, 2.75) is 19.1 Å².